The quantitative estimate of drug-likeness (QED) is 0.789. The number of hydrogen-bond donors (Lipinski definition) is 2. The second-order valence-electron chi connectivity index (χ2n) is 6.87. The predicted octanol–water partition coefficient (Wildman–Crippen LogP) is 2.01. The molecule has 0 spiro atoms. The first-order valence-electron chi connectivity index (χ1n) is 8.08. The lowest BCUT2D eigenvalue weighted by atomic mass is 10.0. The van der Waals surface area contributed by atoms with Crippen LogP contribution < -0.4 is 10.6 Å². The highest BCUT2D eigenvalue weighted by molar-refractivity contribution is 6.13. The van der Waals surface area contributed by atoms with E-state index in [-0.39, 0.29) is 11.8 Å². The molecule has 2 N–H and O–H groups in total. The summed E-state index contributed by atoms with van der Waals surface area (Å²) in [6, 6.07) is 4.08. The van der Waals surface area contributed by atoms with Gasteiger partial charge in [0.25, 0.3) is 0 Å². The zero-order valence-corrected chi connectivity index (χ0v) is 14.7. The van der Waals surface area contributed by atoms with Crippen LogP contribution in [0.4, 0.5) is 5.69 Å². The summed E-state index contributed by atoms with van der Waals surface area (Å²) in [5, 5.41) is 5.86. The lowest BCUT2D eigenvalue weighted by Gasteiger charge is -2.19. The van der Waals surface area contributed by atoms with Crippen LogP contribution in [0.2, 0.25) is 0 Å². The van der Waals surface area contributed by atoms with Crippen molar-refractivity contribution >= 4 is 17.5 Å². The Morgan fingerprint density at radius 1 is 1.09 bits per heavy atom. The van der Waals surface area contributed by atoms with Gasteiger partial charge in [-0.05, 0) is 58.8 Å². The van der Waals surface area contributed by atoms with E-state index in [0.717, 1.165) is 23.4 Å². The number of carbonyl (C=O) groups excluding carboxylic acids is 2. The van der Waals surface area contributed by atoms with Gasteiger partial charge in [0.1, 0.15) is 5.41 Å². The van der Waals surface area contributed by atoms with Gasteiger partial charge in [0.2, 0.25) is 11.8 Å². The highest BCUT2D eigenvalue weighted by Crippen LogP contribution is 2.47. The molecule has 5 nitrogen and oxygen atoms in total. The molecule has 5 heteroatoms. The SMILES string of the molecule is Cc1cc(C)c(NC(=O)C2(C(=O)NCCN(C)C)CC2)c(C)c1. The molecule has 2 amide bonds. The number of benzene rings is 1. The molecule has 2 rings (SSSR count). The van der Waals surface area contributed by atoms with Crippen molar-refractivity contribution in [3.8, 4) is 0 Å². The molecule has 0 radical (unpaired) electrons. The normalized spacial score (nSPS) is 15.4. The fourth-order valence-electron chi connectivity index (χ4n) is 2.85. The average molecular weight is 317 g/mol. The first kappa shape index (κ1) is 17.5. The Labute approximate surface area is 138 Å². The molecule has 0 bridgehead atoms. The number of hydrogen-bond acceptors (Lipinski definition) is 3. The zero-order chi connectivity index (χ0) is 17.2. The zero-order valence-electron chi connectivity index (χ0n) is 14.7. The molecule has 0 atom stereocenters. The largest absolute Gasteiger partial charge is 0.354 e. The summed E-state index contributed by atoms with van der Waals surface area (Å²) >= 11 is 0. The summed E-state index contributed by atoms with van der Waals surface area (Å²) in [6.45, 7) is 7.31. The summed E-state index contributed by atoms with van der Waals surface area (Å²) in [4.78, 5) is 27.0. The van der Waals surface area contributed by atoms with Crippen LogP contribution in [0.25, 0.3) is 0 Å². The van der Waals surface area contributed by atoms with Crippen LogP contribution in [-0.4, -0.2) is 43.9 Å². The van der Waals surface area contributed by atoms with Crippen LogP contribution in [-0.2, 0) is 9.59 Å². The van der Waals surface area contributed by atoms with Gasteiger partial charge in [-0.1, -0.05) is 17.7 Å². The van der Waals surface area contributed by atoms with Crippen molar-refractivity contribution in [2.45, 2.75) is 33.6 Å². The van der Waals surface area contributed by atoms with Crippen LogP contribution in [0, 0.1) is 26.2 Å². The number of amides is 2. The average Bonchev–Trinajstić information content (AvgIpc) is 3.23. The summed E-state index contributed by atoms with van der Waals surface area (Å²) in [5.41, 5.74) is 3.17. The third-order valence-electron chi connectivity index (χ3n) is 4.38. The van der Waals surface area contributed by atoms with E-state index in [2.05, 4.69) is 10.6 Å². The van der Waals surface area contributed by atoms with Gasteiger partial charge in [0.15, 0.2) is 0 Å². The number of carbonyl (C=O) groups is 2. The maximum Gasteiger partial charge on any atom is 0.240 e. The Morgan fingerprint density at radius 2 is 1.65 bits per heavy atom. The van der Waals surface area contributed by atoms with Crippen molar-refractivity contribution in [1.82, 2.24) is 10.2 Å². The van der Waals surface area contributed by atoms with E-state index < -0.39 is 5.41 Å². The third-order valence-corrected chi connectivity index (χ3v) is 4.38. The lowest BCUT2D eigenvalue weighted by molar-refractivity contribution is -0.134. The van der Waals surface area contributed by atoms with Crippen molar-refractivity contribution in [2.75, 3.05) is 32.5 Å². The summed E-state index contributed by atoms with van der Waals surface area (Å²) in [7, 11) is 3.91. The van der Waals surface area contributed by atoms with Crippen LogP contribution in [0.1, 0.15) is 29.5 Å². The summed E-state index contributed by atoms with van der Waals surface area (Å²) in [6.07, 6.45) is 1.24. The highest BCUT2D eigenvalue weighted by atomic mass is 16.2. The number of anilines is 1. The van der Waals surface area contributed by atoms with Crippen molar-refractivity contribution < 1.29 is 9.59 Å². The molecule has 1 aliphatic carbocycles. The van der Waals surface area contributed by atoms with Gasteiger partial charge in [-0.3, -0.25) is 9.59 Å². The van der Waals surface area contributed by atoms with Gasteiger partial charge < -0.3 is 15.5 Å². The monoisotopic (exact) mass is 317 g/mol. The number of nitrogens with one attached hydrogen (secondary N) is 2. The van der Waals surface area contributed by atoms with E-state index >= 15 is 0 Å². The lowest BCUT2D eigenvalue weighted by Crippen LogP contribution is -2.42. The van der Waals surface area contributed by atoms with Crippen LogP contribution in [0.3, 0.4) is 0 Å². The number of aryl methyl sites for hydroxylation is 3. The molecule has 0 saturated heterocycles. The van der Waals surface area contributed by atoms with Gasteiger partial charge >= 0.3 is 0 Å². The third kappa shape index (κ3) is 3.91. The fourth-order valence-corrected chi connectivity index (χ4v) is 2.85. The molecule has 0 unspecified atom stereocenters. The van der Waals surface area contributed by atoms with E-state index in [9.17, 15) is 9.59 Å². The standard InChI is InChI=1S/C18H27N3O2/c1-12-10-13(2)15(14(3)11-12)20-17(23)18(6-7-18)16(22)19-8-9-21(4)5/h10-11H,6-9H2,1-5H3,(H,19,22)(H,20,23). The number of likely N-dealkylation sites (N-methyl/N-ethyl adjacent to an activating group) is 1. The Balaban J connectivity index is 2.04. The molecule has 1 aromatic rings. The van der Waals surface area contributed by atoms with Crippen molar-refractivity contribution in [3.05, 3.63) is 28.8 Å². The van der Waals surface area contributed by atoms with Gasteiger partial charge in [0, 0.05) is 18.8 Å². The van der Waals surface area contributed by atoms with Crippen molar-refractivity contribution in [1.29, 1.82) is 0 Å². The maximum absolute atomic E-state index is 12.6. The van der Waals surface area contributed by atoms with Gasteiger partial charge in [-0.2, -0.15) is 0 Å². The summed E-state index contributed by atoms with van der Waals surface area (Å²) in [5.74, 6) is -0.339. The number of nitrogens with zero attached hydrogens (tertiary/aromatic N) is 1. The van der Waals surface area contributed by atoms with Gasteiger partial charge in [-0.15, -0.1) is 0 Å². The molecule has 1 saturated carbocycles. The van der Waals surface area contributed by atoms with Crippen LogP contribution in [0.15, 0.2) is 12.1 Å². The Kier molecular flexibility index (Phi) is 5.09. The molecule has 0 aliphatic heterocycles. The molecule has 0 aromatic heterocycles. The minimum Gasteiger partial charge on any atom is -0.354 e. The smallest absolute Gasteiger partial charge is 0.240 e. The molecule has 23 heavy (non-hydrogen) atoms. The summed E-state index contributed by atoms with van der Waals surface area (Å²) < 4.78 is 0. The van der Waals surface area contributed by atoms with Crippen LogP contribution in [0.5, 0.6) is 0 Å². The minimum atomic E-state index is -0.879. The van der Waals surface area contributed by atoms with E-state index in [4.69, 9.17) is 0 Å². The molecule has 1 fully saturated rings. The molecular formula is C18H27N3O2. The second kappa shape index (κ2) is 6.71. The molecule has 126 valence electrons. The fraction of sp³-hybridized carbons (Fsp3) is 0.556. The second-order valence-corrected chi connectivity index (χ2v) is 6.87. The molecule has 1 aromatic carbocycles. The number of rotatable bonds is 6. The van der Waals surface area contributed by atoms with E-state index in [1.165, 1.54) is 5.56 Å². The van der Waals surface area contributed by atoms with Crippen LogP contribution >= 0.6 is 0 Å². The van der Waals surface area contributed by atoms with E-state index in [1.807, 2.05) is 51.9 Å². The van der Waals surface area contributed by atoms with E-state index in [0.29, 0.717) is 19.4 Å². The molecule has 1 aliphatic rings. The highest BCUT2D eigenvalue weighted by Gasteiger charge is 2.56. The first-order chi connectivity index (χ1) is 10.8. The Bertz CT molecular complexity index is 596. The molecule has 0 heterocycles. The van der Waals surface area contributed by atoms with Crippen molar-refractivity contribution in [2.24, 2.45) is 5.41 Å². The Morgan fingerprint density at radius 3 is 2.13 bits per heavy atom. The van der Waals surface area contributed by atoms with E-state index in [1.54, 1.807) is 0 Å². The van der Waals surface area contributed by atoms with Crippen molar-refractivity contribution in [3.63, 3.8) is 0 Å². The van der Waals surface area contributed by atoms with Gasteiger partial charge in [0.05, 0.1) is 0 Å². The minimum absolute atomic E-state index is 0.153. The topological polar surface area (TPSA) is 61.4 Å². The Hall–Kier alpha value is -1.88. The molecular weight excluding hydrogens is 290 g/mol. The predicted molar refractivity (Wildman–Crippen MR) is 92.5 cm³/mol. The maximum atomic E-state index is 12.6. The first-order valence-corrected chi connectivity index (χ1v) is 8.08. The van der Waals surface area contributed by atoms with Gasteiger partial charge in [-0.25, -0.2) is 0 Å².